The molecule has 3 N–H and O–H groups in total. The molecule has 5 rings (SSSR count). The predicted octanol–water partition coefficient (Wildman–Crippen LogP) is 2.85. The van der Waals surface area contributed by atoms with Gasteiger partial charge in [0.05, 0.1) is 6.10 Å². The molecule has 2 heterocycles. The van der Waals surface area contributed by atoms with Crippen molar-refractivity contribution < 1.29 is 34.4 Å². The van der Waals surface area contributed by atoms with Crippen molar-refractivity contribution in [3.8, 4) is 11.5 Å². The van der Waals surface area contributed by atoms with E-state index in [-0.39, 0.29) is 28.9 Å². The van der Waals surface area contributed by atoms with Crippen LogP contribution in [0.15, 0.2) is 18.2 Å². The van der Waals surface area contributed by atoms with Gasteiger partial charge in [-0.25, -0.2) is 4.79 Å². The molecule has 0 saturated heterocycles. The third-order valence-electron chi connectivity index (χ3n) is 8.81. The summed E-state index contributed by atoms with van der Waals surface area (Å²) in [5.74, 6) is -0.917. The molecule has 2 aliphatic carbocycles. The highest BCUT2D eigenvalue weighted by Gasteiger charge is 2.65. The molecule has 0 radical (unpaired) electrons. The molecular formula is C25H30O7. The van der Waals surface area contributed by atoms with E-state index in [1.54, 1.807) is 13.0 Å². The van der Waals surface area contributed by atoms with Crippen LogP contribution in [-0.4, -0.2) is 44.9 Å². The van der Waals surface area contributed by atoms with Crippen LogP contribution in [-0.2, 0) is 16.0 Å². The highest BCUT2D eigenvalue weighted by Crippen LogP contribution is 2.63. The summed E-state index contributed by atoms with van der Waals surface area (Å²) in [7, 11) is 0. The number of benzene rings is 1. The highest BCUT2D eigenvalue weighted by molar-refractivity contribution is 5.97. The maximum Gasteiger partial charge on any atom is 0.342 e. The SMILES string of the molecule is C[C@H]1OC(=O)c2c(O)cc3c(c2[C@H]1O)C[C@H]1[C@@]2(C)C=CC(=O)C(C)(C)[C@@H]2C[C@H](O)[C@]1(C)O3. The Bertz CT molecular complexity index is 1070. The number of hydrogen-bond donors (Lipinski definition) is 3. The summed E-state index contributed by atoms with van der Waals surface area (Å²) in [4.78, 5) is 25.2. The molecule has 0 aromatic heterocycles. The van der Waals surface area contributed by atoms with E-state index < -0.39 is 40.7 Å². The Labute approximate surface area is 187 Å². The maximum absolute atomic E-state index is 12.7. The number of rotatable bonds is 0. The number of ketones is 1. The van der Waals surface area contributed by atoms with Crippen molar-refractivity contribution in [3.05, 3.63) is 34.9 Å². The fourth-order valence-electron chi connectivity index (χ4n) is 6.83. The van der Waals surface area contributed by atoms with Gasteiger partial charge in [0.1, 0.15) is 34.9 Å². The number of allylic oxidation sites excluding steroid dienone is 2. The van der Waals surface area contributed by atoms with Gasteiger partial charge in [-0.2, -0.15) is 0 Å². The molecule has 7 nitrogen and oxygen atoms in total. The first-order valence-electron chi connectivity index (χ1n) is 11.2. The third-order valence-corrected chi connectivity index (χ3v) is 8.81. The minimum atomic E-state index is -1.10. The van der Waals surface area contributed by atoms with E-state index >= 15 is 0 Å². The Morgan fingerprint density at radius 3 is 2.47 bits per heavy atom. The molecule has 0 bridgehead atoms. The minimum Gasteiger partial charge on any atom is -0.507 e. The van der Waals surface area contributed by atoms with Gasteiger partial charge in [0, 0.05) is 28.5 Å². The van der Waals surface area contributed by atoms with Gasteiger partial charge in [-0.3, -0.25) is 4.79 Å². The fraction of sp³-hybridized carbons (Fsp3) is 0.600. The largest absolute Gasteiger partial charge is 0.507 e. The van der Waals surface area contributed by atoms with Gasteiger partial charge < -0.3 is 24.8 Å². The fourth-order valence-corrected chi connectivity index (χ4v) is 6.83. The number of carbonyl (C=O) groups excluding carboxylic acids is 2. The second-order valence-corrected chi connectivity index (χ2v) is 10.8. The number of hydrogen-bond acceptors (Lipinski definition) is 7. The standard InChI is InChI=1S/C25H30O7/c1-11-21(29)19-12-8-16-24(4)7-6-17(27)23(2,3)15(24)10-18(28)25(16,5)32-14(12)9-13(26)20(19)22(30)31-11/h6-7,9,11,15-16,18,21,26,28-29H,8,10H2,1-5H3/t11-,15+,16+,18+,21+,24+,25-/m1/s1. The number of ether oxygens (including phenoxy) is 2. The monoisotopic (exact) mass is 442 g/mol. The van der Waals surface area contributed by atoms with E-state index in [0.29, 0.717) is 29.7 Å². The van der Waals surface area contributed by atoms with Gasteiger partial charge >= 0.3 is 5.97 Å². The molecule has 0 spiro atoms. The zero-order chi connectivity index (χ0) is 23.4. The molecule has 2 aliphatic heterocycles. The number of aromatic hydroxyl groups is 1. The lowest BCUT2D eigenvalue weighted by molar-refractivity contribution is -0.190. The van der Waals surface area contributed by atoms with Crippen LogP contribution >= 0.6 is 0 Å². The van der Waals surface area contributed by atoms with Crippen molar-refractivity contribution >= 4 is 11.8 Å². The molecule has 7 atom stereocenters. The van der Waals surface area contributed by atoms with Crippen molar-refractivity contribution in [2.24, 2.45) is 22.7 Å². The van der Waals surface area contributed by atoms with E-state index in [2.05, 4.69) is 6.92 Å². The zero-order valence-corrected chi connectivity index (χ0v) is 19.0. The summed E-state index contributed by atoms with van der Waals surface area (Å²) < 4.78 is 11.6. The van der Waals surface area contributed by atoms with Crippen LogP contribution in [0.25, 0.3) is 0 Å². The quantitative estimate of drug-likeness (QED) is 0.530. The predicted molar refractivity (Wildman–Crippen MR) is 114 cm³/mol. The summed E-state index contributed by atoms with van der Waals surface area (Å²) in [5.41, 5.74) is -1.12. The Morgan fingerprint density at radius 2 is 1.78 bits per heavy atom. The van der Waals surface area contributed by atoms with E-state index in [0.717, 1.165) is 0 Å². The smallest absolute Gasteiger partial charge is 0.342 e. The van der Waals surface area contributed by atoms with E-state index in [1.807, 2.05) is 26.8 Å². The molecular weight excluding hydrogens is 412 g/mol. The van der Waals surface area contributed by atoms with Gasteiger partial charge in [0.15, 0.2) is 5.78 Å². The number of cyclic esters (lactones) is 1. The van der Waals surface area contributed by atoms with Gasteiger partial charge in [-0.1, -0.05) is 26.8 Å². The van der Waals surface area contributed by atoms with Crippen molar-refractivity contribution in [1.29, 1.82) is 0 Å². The second-order valence-electron chi connectivity index (χ2n) is 10.8. The molecule has 1 aromatic carbocycles. The molecule has 0 unspecified atom stereocenters. The maximum atomic E-state index is 12.7. The molecule has 172 valence electrons. The highest BCUT2D eigenvalue weighted by atomic mass is 16.6. The molecule has 1 aromatic rings. The molecule has 0 amide bonds. The van der Waals surface area contributed by atoms with Crippen LogP contribution in [0.5, 0.6) is 11.5 Å². The summed E-state index contributed by atoms with van der Waals surface area (Å²) in [6.45, 7) is 9.43. The van der Waals surface area contributed by atoms with Crippen molar-refractivity contribution in [2.45, 2.75) is 71.4 Å². The summed E-state index contributed by atoms with van der Waals surface area (Å²) in [5, 5.41) is 32.7. The molecule has 1 fully saturated rings. The van der Waals surface area contributed by atoms with E-state index in [9.17, 15) is 24.9 Å². The lowest BCUT2D eigenvalue weighted by Gasteiger charge is -2.62. The molecule has 1 saturated carbocycles. The van der Waals surface area contributed by atoms with Crippen LogP contribution < -0.4 is 4.74 Å². The number of phenolic OH excluding ortho intramolecular Hbond substituents is 1. The van der Waals surface area contributed by atoms with Crippen molar-refractivity contribution in [2.75, 3.05) is 0 Å². The minimum absolute atomic E-state index is 0.0330. The van der Waals surface area contributed by atoms with Gasteiger partial charge in [-0.05, 0) is 44.1 Å². The Balaban J connectivity index is 1.72. The average Bonchev–Trinajstić information content (AvgIpc) is 2.70. The molecule has 7 heteroatoms. The Hall–Kier alpha value is -2.38. The Kier molecular flexibility index (Phi) is 4.26. The van der Waals surface area contributed by atoms with Crippen LogP contribution in [0.2, 0.25) is 0 Å². The summed E-state index contributed by atoms with van der Waals surface area (Å²) in [6.07, 6.45) is 1.73. The van der Waals surface area contributed by atoms with Gasteiger partial charge in [0.25, 0.3) is 0 Å². The lowest BCUT2D eigenvalue weighted by atomic mass is 9.45. The molecule has 4 aliphatic rings. The number of carbonyl (C=O) groups is 2. The number of esters is 1. The van der Waals surface area contributed by atoms with Gasteiger partial charge in [-0.15, -0.1) is 0 Å². The van der Waals surface area contributed by atoms with E-state index in [4.69, 9.17) is 9.47 Å². The summed E-state index contributed by atoms with van der Waals surface area (Å²) >= 11 is 0. The topological polar surface area (TPSA) is 113 Å². The van der Waals surface area contributed by atoms with Gasteiger partial charge in [0.2, 0.25) is 0 Å². The number of phenols is 1. The first-order chi connectivity index (χ1) is 14.8. The average molecular weight is 443 g/mol. The van der Waals surface area contributed by atoms with Crippen molar-refractivity contribution in [1.82, 2.24) is 0 Å². The van der Waals surface area contributed by atoms with Crippen LogP contribution in [0.4, 0.5) is 0 Å². The molecule has 32 heavy (non-hydrogen) atoms. The first kappa shape index (κ1) is 21.5. The van der Waals surface area contributed by atoms with Crippen LogP contribution in [0, 0.1) is 22.7 Å². The first-order valence-corrected chi connectivity index (χ1v) is 11.2. The lowest BCUT2D eigenvalue weighted by Crippen LogP contribution is -2.67. The van der Waals surface area contributed by atoms with E-state index in [1.165, 1.54) is 6.07 Å². The normalized spacial score (nSPS) is 41.5. The summed E-state index contributed by atoms with van der Waals surface area (Å²) in [6, 6.07) is 1.38. The van der Waals surface area contributed by atoms with Crippen LogP contribution in [0.1, 0.15) is 68.6 Å². The van der Waals surface area contributed by atoms with Crippen LogP contribution in [0.3, 0.4) is 0 Å². The number of aliphatic hydroxyl groups excluding tert-OH is 2. The zero-order valence-electron chi connectivity index (χ0n) is 19.0. The second kappa shape index (κ2) is 6.35. The number of aliphatic hydroxyl groups is 2. The third kappa shape index (κ3) is 2.49. The number of fused-ring (bicyclic) bond motifs is 6. The Morgan fingerprint density at radius 1 is 1.09 bits per heavy atom. The van der Waals surface area contributed by atoms with Crippen molar-refractivity contribution in [3.63, 3.8) is 0 Å².